The Labute approximate surface area is 276 Å². The maximum absolute atomic E-state index is 5.01. The maximum Gasteiger partial charge on any atom is 0.0977 e. The Morgan fingerprint density at radius 3 is 1.49 bits per heavy atom. The lowest BCUT2D eigenvalue weighted by atomic mass is 9.62. The summed E-state index contributed by atoms with van der Waals surface area (Å²) in [6, 6.07) is 68.6. The second-order valence-electron chi connectivity index (χ2n) is 11.7. The molecule has 8 rings (SSSR count). The van der Waals surface area contributed by atoms with E-state index in [1.807, 2.05) is 12.1 Å². The van der Waals surface area contributed by atoms with E-state index in [-0.39, 0.29) is 0 Å². The number of para-hydroxylation sites is 3. The first-order chi connectivity index (χ1) is 23.3. The molecule has 0 aromatic heterocycles. The van der Waals surface area contributed by atoms with Gasteiger partial charge in [-0.3, -0.25) is 5.43 Å². The zero-order valence-electron chi connectivity index (χ0n) is 25.9. The van der Waals surface area contributed by atoms with Gasteiger partial charge in [-0.05, 0) is 58.7 Å². The summed E-state index contributed by atoms with van der Waals surface area (Å²) in [6.45, 7) is 0. The second kappa shape index (κ2) is 12.3. The summed E-state index contributed by atoms with van der Waals surface area (Å²) in [5, 5.41) is 5.01. The molecule has 1 aliphatic heterocycles. The van der Waals surface area contributed by atoms with Gasteiger partial charge >= 0.3 is 0 Å². The average molecular weight is 604 g/mol. The van der Waals surface area contributed by atoms with E-state index in [2.05, 4.69) is 192 Å². The fourth-order valence-electron chi connectivity index (χ4n) is 7.01. The zero-order valence-corrected chi connectivity index (χ0v) is 25.9. The van der Waals surface area contributed by atoms with Crippen molar-refractivity contribution in [2.24, 2.45) is 5.10 Å². The Kier molecular flexibility index (Phi) is 7.41. The Morgan fingerprint density at radius 2 is 0.915 bits per heavy atom. The number of hydrazone groups is 1. The van der Waals surface area contributed by atoms with Crippen LogP contribution < -0.4 is 10.3 Å². The molecule has 0 spiro atoms. The van der Waals surface area contributed by atoms with Crippen LogP contribution in [0.4, 0.5) is 22.7 Å². The molecular formula is C44H33N3. The summed E-state index contributed by atoms with van der Waals surface area (Å²) in [7, 11) is 0. The molecule has 0 atom stereocenters. The van der Waals surface area contributed by atoms with Crippen molar-refractivity contribution in [3.05, 3.63) is 228 Å². The van der Waals surface area contributed by atoms with Crippen LogP contribution >= 0.6 is 0 Å². The van der Waals surface area contributed by atoms with Crippen LogP contribution in [0, 0.1) is 0 Å². The number of rotatable bonds is 7. The van der Waals surface area contributed by atoms with Crippen molar-refractivity contribution < 1.29 is 0 Å². The van der Waals surface area contributed by atoms with Crippen LogP contribution in [0.2, 0.25) is 0 Å². The standard InChI is InChI=1S/C44H33N3/c1-5-18-33(19-6-1)43(34-20-7-2-8-21-34)46-45-37-25-17-24-36(32-37)44(35-22-9-3-10-23-35)39-28-13-15-30-41(39)47(38-26-11-4-12-27-38)42-31-16-14-29-40(42)44/h1-32,45H. The number of hydrogen-bond donors (Lipinski definition) is 1. The van der Waals surface area contributed by atoms with Gasteiger partial charge in [-0.15, -0.1) is 0 Å². The van der Waals surface area contributed by atoms with E-state index in [0.717, 1.165) is 45.2 Å². The summed E-state index contributed by atoms with van der Waals surface area (Å²) in [5.74, 6) is 0. The first kappa shape index (κ1) is 28.3. The first-order valence-corrected chi connectivity index (χ1v) is 16.0. The minimum Gasteiger partial charge on any atom is -0.310 e. The van der Waals surface area contributed by atoms with Crippen molar-refractivity contribution in [3.8, 4) is 0 Å². The third-order valence-corrected chi connectivity index (χ3v) is 9.01. The van der Waals surface area contributed by atoms with Crippen LogP contribution in [-0.4, -0.2) is 5.71 Å². The molecule has 0 fully saturated rings. The third kappa shape index (κ3) is 4.99. The normalized spacial score (nSPS) is 12.8. The van der Waals surface area contributed by atoms with Crippen LogP contribution in [0.3, 0.4) is 0 Å². The first-order valence-electron chi connectivity index (χ1n) is 16.0. The molecule has 0 saturated heterocycles. The van der Waals surface area contributed by atoms with Gasteiger partial charge in [-0.1, -0.05) is 158 Å². The Bertz CT molecular complexity index is 2070. The Hall–Kier alpha value is -6.19. The van der Waals surface area contributed by atoms with Crippen molar-refractivity contribution in [2.75, 3.05) is 10.3 Å². The highest BCUT2D eigenvalue weighted by molar-refractivity contribution is 6.13. The van der Waals surface area contributed by atoms with E-state index in [4.69, 9.17) is 5.10 Å². The van der Waals surface area contributed by atoms with Crippen molar-refractivity contribution >= 4 is 28.5 Å². The van der Waals surface area contributed by atoms with Crippen molar-refractivity contribution in [1.29, 1.82) is 0 Å². The SMILES string of the molecule is c1ccc(C(=NNc2cccc(C3(c4ccccc4)c4ccccc4N(c4ccccc4)c4ccccc43)c2)c2ccccc2)cc1. The second-order valence-corrected chi connectivity index (χ2v) is 11.7. The lowest BCUT2D eigenvalue weighted by Crippen LogP contribution is -2.37. The van der Waals surface area contributed by atoms with Gasteiger partial charge in [0.2, 0.25) is 0 Å². The number of nitrogens with one attached hydrogen (secondary N) is 1. The maximum atomic E-state index is 5.01. The molecule has 3 heteroatoms. The molecule has 1 N–H and O–H groups in total. The zero-order chi connectivity index (χ0) is 31.5. The molecule has 0 radical (unpaired) electrons. The predicted molar refractivity (Wildman–Crippen MR) is 195 cm³/mol. The molecule has 0 unspecified atom stereocenters. The topological polar surface area (TPSA) is 27.6 Å². The number of hydrogen-bond acceptors (Lipinski definition) is 3. The summed E-state index contributed by atoms with van der Waals surface area (Å²) in [6.07, 6.45) is 0. The molecule has 47 heavy (non-hydrogen) atoms. The molecule has 0 aliphatic carbocycles. The fourth-order valence-corrected chi connectivity index (χ4v) is 7.01. The lowest BCUT2D eigenvalue weighted by molar-refractivity contribution is 0.731. The van der Waals surface area contributed by atoms with Gasteiger partial charge in [0.05, 0.1) is 28.2 Å². The Morgan fingerprint density at radius 1 is 0.447 bits per heavy atom. The average Bonchev–Trinajstić information content (AvgIpc) is 3.15. The molecule has 0 saturated carbocycles. The molecule has 0 bridgehead atoms. The van der Waals surface area contributed by atoms with Crippen molar-refractivity contribution in [2.45, 2.75) is 5.41 Å². The number of anilines is 4. The summed E-state index contributed by atoms with van der Waals surface area (Å²) in [4.78, 5) is 2.39. The Balaban J connectivity index is 1.33. The van der Waals surface area contributed by atoms with Crippen LogP contribution in [0.15, 0.2) is 199 Å². The number of benzene rings is 7. The highest BCUT2D eigenvalue weighted by Crippen LogP contribution is 2.57. The number of nitrogens with zero attached hydrogens (tertiary/aromatic N) is 2. The van der Waals surface area contributed by atoms with Gasteiger partial charge in [0.25, 0.3) is 0 Å². The van der Waals surface area contributed by atoms with Gasteiger partial charge in [0.1, 0.15) is 0 Å². The highest BCUT2D eigenvalue weighted by Gasteiger charge is 2.46. The van der Waals surface area contributed by atoms with Crippen LogP contribution in [-0.2, 0) is 5.41 Å². The van der Waals surface area contributed by atoms with Crippen LogP contribution in [0.5, 0.6) is 0 Å². The summed E-state index contributed by atoms with van der Waals surface area (Å²) in [5.41, 5.74) is 15.1. The van der Waals surface area contributed by atoms with Crippen LogP contribution in [0.1, 0.15) is 33.4 Å². The lowest BCUT2D eigenvalue weighted by Gasteiger charge is -2.46. The van der Waals surface area contributed by atoms with E-state index in [0.29, 0.717) is 0 Å². The minimum absolute atomic E-state index is 0.581. The summed E-state index contributed by atoms with van der Waals surface area (Å²) >= 11 is 0. The quantitative estimate of drug-likeness (QED) is 0.145. The van der Waals surface area contributed by atoms with Crippen molar-refractivity contribution in [1.82, 2.24) is 0 Å². The highest BCUT2D eigenvalue weighted by atomic mass is 15.3. The molecule has 3 nitrogen and oxygen atoms in total. The van der Waals surface area contributed by atoms with E-state index in [1.54, 1.807) is 0 Å². The van der Waals surface area contributed by atoms with E-state index in [1.165, 1.54) is 16.7 Å². The molecule has 1 aliphatic rings. The number of fused-ring (bicyclic) bond motifs is 2. The predicted octanol–water partition coefficient (Wildman–Crippen LogP) is 10.7. The van der Waals surface area contributed by atoms with Gasteiger partial charge in [0.15, 0.2) is 0 Å². The third-order valence-electron chi connectivity index (χ3n) is 9.01. The molecule has 7 aromatic carbocycles. The monoisotopic (exact) mass is 603 g/mol. The molecule has 0 amide bonds. The van der Waals surface area contributed by atoms with Crippen molar-refractivity contribution in [3.63, 3.8) is 0 Å². The minimum atomic E-state index is -0.581. The summed E-state index contributed by atoms with van der Waals surface area (Å²) < 4.78 is 0. The smallest absolute Gasteiger partial charge is 0.0977 e. The molecule has 224 valence electrons. The van der Waals surface area contributed by atoms with E-state index < -0.39 is 5.41 Å². The van der Waals surface area contributed by atoms with Gasteiger partial charge < -0.3 is 4.90 Å². The van der Waals surface area contributed by atoms with Gasteiger partial charge in [-0.2, -0.15) is 5.10 Å². The van der Waals surface area contributed by atoms with Gasteiger partial charge in [0, 0.05) is 16.8 Å². The van der Waals surface area contributed by atoms with Crippen LogP contribution in [0.25, 0.3) is 0 Å². The molecular weight excluding hydrogens is 571 g/mol. The van der Waals surface area contributed by atoms with E-state index in [9.17, 15) is 0 Å². The van der Waals surface area contributed by atoms with Gasteiger partial charge in [-0.25, -0.2) is 0 Å². The molecule has 1 heterocycles. The van der Waals surface area contributed by atoms with E-state index >= 15 is 0 Å². The molecule has 7 aromatic rings. The fraction of sp³-hybridized carbons (Fsp3) is 0.0227. The largest absolute Gasteiger partial charge is 0.310 e.